The summed E-state index contributed by atoms with van der Waals surface area (Å²) in [4.78, 5) is 50.5. The van der Waals surface area contributed by atoms with Crippen molar-refractivity contribution in [2.45, 2.75) is 0 Å². The monoisotopic (exact) mass is 573 g/mol. The summed E-state index contributed by atoms with van der Waals surface area (Å²) in [6.07, 6.45) is 1.46. The largest absolute Gasteiger partial charge is 0.482 e. The molecule has 0 unspecified atom stereocenters. The van der Waals surface area contributed by atoms with Crippen LogP contribution in [0.3, 0.4) is 0 Å². The third-order valence-corrected chi connectivity index (χ3v) is 6.52. The van der Waals surface area contributed by atoms with Crippen molar-refractivity contribution in [2.24, 2.45) is 0 Å². The molecule has 8 nitrogen and oxygen atoms in total. The molecule has 3 aromatic carbocycles. The highest BCUT2D eigenvalue weighted by Crippen LogP contribution is 2.34. The Morgan fingerprint density at radius 1 is 0.974 bits per heavy atom. The second-order valence-electron chi connectivity index (χ2n) is 7.83. The Labute approximate surface area is 230 Å². The van der Waals surface area contributed by atoms with E-state index in [9.17, 15) is 23.6 Å². The second kappa shape index (κ2) is 12.1. The summed E-state index contributed by atoms with van der Waals surface area (Å²) in [7, 11) is 0. The van der Waals surface area contributed by atoms with Gasteiger partial charge in [0.25, 0.3) is 17.1 Å². The molecule has 0 aromatic heterocycles. The lowest BCUT2D eigenvalue weighted by atomic mass is 10.2. The molecule has 0 bridgehead atoms. The minimum atomic E-state index is -0.618. The zero-order valence-electron chi connectivity index (χ0n) is 19.4. The number of carbonyl (C=O) groups excluding carboxylic acids is 4. The van der Waals surface area contributed by atoms with Crippen LogP contribution >= 0.6 is 35.0 Å². The molecule has 1 heterocycles. The van der Waals surface area contributed by atoms with E-state index in [0.717, 1.165) is 4.90 Å². The molecule has 4 amide bonds. The molecular formula is C26H18Cl2FN3O5S. The first-order valence-corrected chi connectivity index (χ1v) is 12.5. The molecule has 0 radical (unpaired) electrons. The molecule has 0 spiro atoms. The molecule has 0 atom stereocenters. The molecule has 2 N–H and O–H groups in total. The van der Waals surface area contributed by atoms with Crippen LogP contribution in [0.4, 0.5) is 20.6 Å². The van der Waals surface area contributed by atoms with Gasteiger partial charge in [0.15, 0.2) is 6.61 Å². The molecule has 1 aliphatic rings. The lowest BCUT2D eigenvalue weighted by Gasteiger charge is -2.12. The van der Waals surface area contributed by atoms with Gasteiger partial charge in [0.2, 0.25) is 5.91 Å². The summed E-state index contributed by atoms with van der Waals surface area (Å²) in [5.41, 5.74) is 0.997. The molecule has 0 saturated carbocycles. The van der Waals surface area contributed by atoms with E-state index in [-0.39, 0.29) is 21.4 Å². The molecule has 38 heavy (non-hydrogen) atoms. The summed E-state index contributed by atoms with van der Waals surface area (Å²) in [6.45, 7) is -0.864. The number of rotatable bonds is 8. The van der Waals surface area contributed by atoms with Gasteiger partial charge in [-0.2, -0.15) is 0 Å². The third-order valence-electron chi connectivity index (χ3n) is 5.06. The first-order chi connectivity index (χ1) is 18.2. The van der Waals surface area contributed by atoms with Crippen LogP contribution in [0.1, 0.15) is 5.56 Å². The number of benzene rings is 3. The van der Waals surface area contributed by atoms with Crippen LogP contribution in [0.2, 0.25) is 10.0 Å². The summed E-state index contributed by atoms with van der Waals surface area (Å²) >= 11 is 12.8. The van der Waals surface area contributed by atoms with Gasteiger partial charge in [0, 0.05) is 10.7 Å². The van der Waals surface area contributed by atoms with Crippen molar-refractivity contribution in [3.05, 3.63) is 93.1 Å². The van der Waals surface area contributed by atoms with Crippen LogP contribution in [0, 0.1) is 5.82 Å². The van der Waals surface area contributed by atoms with Crippen LogP contribution < -0.4 is 15.4 Å². The first-order valence-electron chi connectivity index (χ1n) is 11.0. The Bertz CT molecular complexity index is 1450. The number of hydrogen-bond acceptors (Lipinski definition) is 6. The standard InChI is InChI=1S/C26H18Cl2FN3O5S/c27-16-6-8-17(9-7-16)30-23(33)13-32-25(35)22(38-26(32)36)12-15-5-10-21(18(28)11-15)37-14-24(34)31-20-4-2-1-3-19(20)29/h1-12H,13-14H2,(H,30,33)(H,31,34)/b22-12-. The van der Waals surface area contributed by atoms with E-state index < -0.39 is 41.9 Å². The van der Waals surface area contributed by atoms with E-state index in [4.69, 9.17) is 27.9 Å². The molecular weight excluding hydrogens is 556 g/mol. The van der Waals surface area contributed by atoms with E-state index in [2.05, 4.69) is 10.6 Å². The summed E-state index contributed by atoms with van der Waals surface area (Å²) in [6, 6.07) is 16.7. The van der Waals surface area contributed by atoms with E-state index >= 15 is 0 Å². The second-order valence-corrected chi connectivity index (χ2v) is 9.67. The Balaban J connectivity index is 1.35. The molecule has 12 heteroatoms. The van der Waals surface area contributed by atoms with Crippen LogP contribution in [-0.4, -0.2) is 41.0 Å². The highest BCUT2D eigenvalue weighted by Gasteiger charge is 2.36. The normalized spacial score (nSPS) is 14.1. The molecule has 3 aromatic rings. The van der Waals surface area contributed by atoms with E-state index in [1.54, 1.807) is 36.4 Å². The number of thioether (sulfide) groups is 1. The SMILES string of the molecule is O=C(CN1C(=O)S/C(=C\c2ccc(OCC(=O)Nc3ccccc3F)c(Cl)c2)C1=O)Nc1ccc(Cl)cc1. The van der Waals surface area contributed by atoms with Crippen LogP contribution in [0.5, 0.6) is 5.75 Å². The predicted octanol–water partition coefficient (Wildman–Crippen LogP) is 5.83. The average molecular weight is 574 g/mol. The van der Waals surface area contributed by atoms with Crippen molar-refractivity contribution in [2.75, 3.05) is 23.8 Å². The zero-order valence-corrected chi connectivity index (χ0v) is 21.7. The number of nitrogens with one attached hydrogen (secondary N) is 2. The van der Waals surface area contributed by atoms with Gasteiger partial charge in [-0.05, 0) is 71.9 Å². The predicted molar refractivity (Wildman–Crippen MR) is 145 cm³/mol. The first kappa shape index (κ1) is 27.2. The van der Waals surface area contributed by atoms with E-state index in [1.807, 2.05) is 0 Å². The number of nitrogens with zero attached hydrogens (tertiary/aromatic N) is 1. The van der Waals surface area contributed by atoms with Crippen molar-refractivity contribution >= 4 is 75.4 Å². The highest BCUT2D eigenvalue weighted by molar-refractivity contribution is 8.18. The minimum Gasteiger partial charge on any atom is -0.482 e. The number of hydrogen-bond donors (Lipinski definition) is 2. The molecule has 0 aliphatic carbocycles. The highest BCUT2D eigenvalue weighted by atomic mass is 35.5. The molecule has 1 fully saturated rings. The summed E-state index contributed by atoms with van der Waals surface area (Å²) in [5.74, 6) is -2.12. The number of halogens is 3. The fraction of sp³-hybridized carbons (Fsp3) is 0.0769. The molecule has 4 rings (SSSR count). The number of para-hydroxylation sites is 1. The lowest BCUT2D eigenvalue weighted by molar-refractivity contribution is -0.127. The van der Waals surface area contributed by atoms with Crippen LogP contribution in [0.25, 0.3) is 6.08 Å². The van der Waals surface area contributed by atoms with Crippen molar-refractivity contribution in [1.29, 1.82) is 0 Å². The Morgan fingerprint density at radius 2 is 1.71 bits per heavy atom. The number of ether oxygens (including phenoxy) is 1. The fourth-order valence-electron chi connectivity index (χ4n) is 3.28. The van der Waals surface area contributed by atoms with Crippen molar-refractivity contribution < 1.29 is 28.3 Å². The van der Waals surface area contributed by atoms with Gasteiger partial charge in [-0.25, -0.2) is 4.39 Å². The lowest BCUT2D eigenvalue weighted by Crippen LogP contribution is -2.36. The van der Waals surface area contributed by atoms with Crippen LogP contribution in [0.15, 0.2) is 71.6 Å². The topological polar surface area (TPSA) is 105 Å². The van der Waals surface area contributed by atoms with E-state index in [0.29, 0.717) is 28.0 Å². The maximum Gasteiger partial charge on any atom is 0.294 e. The Morgan fingerprint density at radius 3 is 2.42 bits per heavy atom. The van der Waals surface area contributed by atoms with Crippen LogP contribution in [-0.2, 0) is 14.4 Å². The molecule has 1 aliphatic heterocycles. The average Bonchev–Trinajstić information content (AvgIpc) is 3.13. The number of carbonyl (C=O) groups is 4. The number of imide groups is 1. The van der Waals surface area contributed by atoms with Crippen molar-refractivity contribution in [1.82, 2.24) is 4.90 Å². The van der Waals surface area contributed by atoms with Gasteiger partial charge in [-0.15, -0.1) is 0 Å². The Hall–Kier alpha value is -3.86. The van der Waals surface area contributed by atoms with E-state index in [1.165, 1.54) is 36.4 Å². The van der Waals surface area contributed by atoms with Gasteiger partial charge in [-0.3, -0.25) is 24.1 Å². The van der Waals surface area contributed by atoms with Gasteiger partial charge < -0.3 is 15.4 Å². The molecule has 194 valence electrons. The van der Waals surface area contributed by atoms with Crippen molar-refractivity contribution in [3.63, 3.8) is 0 Å². The van der Waals surface area contributed by atoms with Gasteiger partial charge in [0.1, 0.15) is 18.1 Å². The minimum absolute atomic E-state index is 0.0268. The number of anilines is 2. The van der Waals surface area contributed by atoms with Crippen molar-refractivity contribution in [3.8, 4) is 5.75 Å². The quantitative estimate of drug-likeness (QED) is 0.329. The zero-order chi connectivity index (χ0) is 27.2. The molecule has 1 saturated heterocycles. The fourth-order valence-corrected chi connectivity index (χ4v) is 4.49. The number of amides is 4. The third kappa shape index (κ3) is 6.91. The summed E-state index contributed by atoms with van der Waals surface area (Å²) < 4.78 is 19.1. The van der Waals surface area contributed by atoms with Gasteiger partial charge in [-0.1, -0.05) is 41.4 Å². The Kier molecular flexibility index (Phi) is 8.67. The maximum absolute atomic E-state index is 13.7. The maximum atomic E-state index is 13.7. The van der Waals surface area contributed by atoms with Gasteiger partial charge in [0.05, 0.1) is 15.6 Å². The van der Waals surface area contributed by atoms with Gasteiger partial charge >= 0.3 is 0 Å². The summed E-state index contributed by atoms with van der Waals surface area (Å²) in [5, 5.41) is 5.07. The smallest absolute Gasteiger partial charge is 0.294 e.